The Labute approximate surface area is 59.9 Å². The van der Waals surface area contributed by atoms with E-state index in [1.54, 1.807) is 0 Å². The van der Waals surface area contributed by atoms with Crippen molar-refractivity contribution in [3.05, 3.63) is 0 Å². The zero-order valence-corrected chi connectivity index (χ0v) is 6.92. The smallest absolute Gasteiger partial charge is 0.462 e. The fourth-order valence-electron chi connectivity index (χ4n) is 1.15. The number of halogens is 1. The van der Waals surface area contributed by atoms with Gasteiger partial charge in [0.2, 0.25) is 0 Å². The number of alkyl halides is 1. The predicted molar refractivity (Wildman–Crippen MR) is 36.3 cm³/mol. The van der Waals surface area contributed by atoms with Crippen molar-refractivity contribution in [3.8, 4) is 0 Å². The van der Waals surface area contributed by atoms with E-state index in [9.17, 15) is 4.39 Å². The highest BCUT2D eigenvalue weighted by molar-refractivity contribution is 6.51. The van der Waals surface area contributed by atoms with Gasteiger partial charge >= 0.3 is 14.5 Å². The van der Waals surface area contributed by atoms with Gasteiger partial charge in [-0.1, -0.05) is 23.9 Å². The topological polar surface area (TPSA) is 9.23 Å². The van der Waals surface area contributed by atoms with Gasteiger partial charge in [0.05, 0.1) is 0 Å². The van der Waals surface area contributed by atoms with Gasteiger partial charge in [-0.3, -0.25) is 0 Å². The van der Waals surface area contributed by atoms with Gasteiger partial charge in [0.1, 0.15) is 0 Å². The van der Waals surface area contributed by atoms with Crippen LogP contribution in [0, 0.1) is 0 Å². The van der Waals surface area contributed by atoms with Crippen LogP contribution in [0.4, 0.5) is 4.39 Å². The minimum Gasteiger partial charge on any atom is -0.474 e. The Bertz CT molecular complexity index is 89.1. The van der Waals surface area contributed by atoms with Crippen molar-refractivity contribution in [1.29, 1.82) is 0 Å². The van der Waals surface area contributed by atoms with Crippen LogP contribution < -0.4 is 0 Å². The lowest BCUT2D eigenvalue weighted by molar-refractivity contribution is 0.0434. The third kappa shape index (κ3) is 2.25. The molecule has 1 rings (SSSR count). The molecule has 1 saturated heterocycles. The Morgan fingerprint density at radius 2 is 2.56 bits per heavy atom. The second-order valence-corrected chi connectivity index (χ2v) is 5.42. The predicted octanol–water partition coefficient (Wildman–Crippen LogP) is 2.10. The van der Waals surface area contributed by atoms with Crippen molar-refractivity contribution in [3.63, 3.8) is 0 Å². The number of hydrogen-bond acceptors (Lipinski definition) is 1. The van der Waals surface area contributed by atoms with Gasteiger partial charge in [-0.25, -0.2) is 4.39 Å². The van der Waals surface area contributed by atoms with Crippen LogP contribution in [0.15, 0.2) is 0 Å². The highest BCUT2D eigenvalue weighted by Crippen LogP contribution is 2.19. The van der Waals surface area contributed by atoms with Crippen LogP contribution in [0.2, 0.25) is 10.6 Å². The van der Waals surface area contributed by atoms with Gasteiger partial charge in [0.25, 0.3) is 0 Å². The minimum atomic E-state index is -1.04. The zero-order chi connectivity index (χ0) is 6.69. The average Bonchev–Trinajstić information content (AvgIpc) is 1.88. The summed E-state index contributed by atoms with van der Waals surface area (Å²) in [7, 11) is 0. The Morgan fingerprint density at radius 3 is 3.00 bits per heavy atom. The van der Waals surface area contributed by atoms with Gasteiger partial charge in [0, 0.05) is 0 Å². The highest BCUT2D eigenvalue weighted by Gasteiger charge is 2.26. The Kier molecular flexibility index (Phi) is 2.98. The summed E-state index contributed by atoms with van der Waals surface area (Å²) in [6.45, 7) is 2.09. The normalized spacial score (nSPS) is 28.7. The van der Waals surface area contributed by atoms with E-state index in [0.29, 0.717) is 6.42 Å². The molecule has 0 saturated carbocycles. The van der Waals surface area contributed by atoms with E-state index in [2.05, 4.69) is 6.92 Å². The molecule has 0 spiro atoms. The molecule has 1 aliphatic heterocycles. The van der Waals surface area contributed by atoms with E-state index in [-0.39, 0.29) is 0 Å². The fourth-order valence-corrected chi connectivity index (χ4v) is 3.13. The van der Waals surface area contributed by atoms with Crippen LogP contribution in [0.25, 0.3) is 0 Å². The average molecular weight is 146 g/mol. The van der Waals surface area contributed by atoms with Crippen LogP contribution in [-0.4, -0.2) is 20.8 Å². The lowest BCUT2D eigenvalue weighted by atomic mass is 10.3. The molecule has 0 aromatic rings. The van der Waals surface area contributed by atoms with E-state index < -0.39 is 20.8 Å². The quantitative estimate of drug-likeness (QED) is 0.515. The van der Waals surface area contributed by atoms with Crippen molar-refractivity contribution < 1.29 is 8.18 Å². The van der Waals surface area contributed by atoms with Crippen LogP contribution in [0.1, 0.15) is 19.8 Å². The maximum absolute atomic E-state index is 12.4. The Morgan fingerprint density at radius 1 is 1.78 bits per heavy atom. The molecule has 0 N–H and O–H groups in total. The molecule has 3 heteroatoms. The first-order valence-corrected chi connectivity index (χ1v) is 5.73. The van der Waals surface area contributed by atoms with E-state index in [1.165, 1.54) is 5.28 Å². The maximum atomic E-state index is 12.4. The monoisotopic (exact) mass is 146 g/mol. The molecule has 0 aromatic carbocycles. The molecule has 0 aromatic heterocycles. The number of hydrogen-bond donors (Lipinski definition) is 0. The Hall–Kier alpha value is 0.422. The van der Waals surface area contributed by atoms with Crippen LogP contribution in [0.3, 0.4) is 0 Å². The maximum Gasteiger partial charge on any atom is 0.462 e. The lowest BCUT2D eigenvalue weighted by Crippen LogP contribution is -2.26. The van der Waals surface area contributed by atoms with Gasteiger partial charge < -0.3 is 3.79 Å². The molecular formula is C6H12AlFO. The van der Waals surface area contributed by atoms with Crippen molar-refractivity contribution in [2.24, 2.45) is 0 Å². The van der Waals surface area contributed by atoms with Gasteiger partial charge in [-0.05, 0) is 6.42 Å². The summed E-state index contributed by atoms with van der Waals surface area (Å²) < 4.78 is 17.5. The summed E-state index contributed by atoms with van der Waals surface area (Å²) in [5.74, 6) is 0. The first-order valence-electron chi connectivity index (χ1n) is 3.62. The van der Waals surface area contributed by atoms with E-state index in [4.69, 9.17) is 3.79 Å². The van der Waals surface area contributed by atoms with Gasteiger partial charge in [-0.15, -0.1) is 0 Å². The third-order valence-electron chi connectivity index (χ3n) is 1.75. The van der Waals surface area contributed by atoms with Crippen molar-refractivity contribution in [2.45, 2.75) is 36.7 Å². The first kappa shape index (κ1) is 7.53. The minimum absolute atomic E-state index is 0.628. The van der Waals surface area contributed by atoms with Crippen LogP contribution in [0.5, 0.6) is 0 Å². The molecule has 1 nitrogen and oxygen atoms in total. The Balaban J connectivity index is 2.23. The summed E-state index contributed by atoms with van der Waals surface area (Å²) in [4.78, 5) is 0. The molecule has 1 atom stereocenters. The largest absolute Gasteiger partial charge is 0.474 e. The molecule has 0 amide bonds. The van der Waals surface area contributed by atoms with E-state index in [0.717, 1.165) is 11.7 Å². The second-order valence-electron chi connectivity index (χ2n) is 2.51. The fraction of sp³-hybridized carbons (Fsp3) is 1.00. The molecule has 1 heterocycles. The third-order valence-corrected chi connectivity index (χ3v) is 4.40. The van der Waals surface area contributed by atoms with E-state index >= 15 is 0 Å². The van der Waals surface area contributed by atoms with Crippen LogP contribution in [-0.2, 0) is 3.79 Å². The molecule has 0 radical (unpaired) electrons. The molecule has 1 unspecified atom stereocenters. The van der Waals surface area contributed by atoms with Crippen LogP contribution >= 0.6 is 0 Å². The van der Waals surface area contributed by atoms with Crippen molar-refractivity contribution in [1.82, 2.24) is 0 Å². The second kappa shape index (κ2) is 3.56. The summed E-state index contributed by atoms with van der Waals surface area (Å²) in [6, 6.07) is 0. The van der Waals surface area contributed by atoms with Crippen molar-refractivity contribution in [2.75, 3.05) is 0 Å². The summed E-state index contributed by atoms with van der Waals surface area (Å²) in [5.41, 5.74) is 0. The first-order chi connectivity index (χ1) is 4.33. The molecule has 1 fully saturated rings. The molecule has 52 valence electrons. The summed E-state index contributed by atoms with van der Waals surface area (Å²) in [6.07, 6.45) is 0.755. The molecule has 0 aliphatic carbocycles. The number of rotatable bonds is 1. The highest BCUT2D eigenvalue weighted by atomic mass is 27.2. The summed E-state index contributed by atoms with van der Waals surface area (Å²) in [5, 5.41) is 2.26. The van der Waals surface area contributed by atoms with E-state index in [1.807, 2.05) is 0 Å². The SMILES string of the molecule is C[CH2][Al]1[CH2]CCC(F)[O]1. The van der Waals surface area contributed by atoms with Gasteiger partial charge in [0.15, 0.2) is 6.36 Å². The molecule has 1 aliphatic rings. The summed E-state index contributed by atoms with van der Waals surface area (Å²) >= 11 is -1.04. The molecule has 0 bridgehead atoms. The van der Waals surface area contributed by atoms with Crippen molar-refractivity contribution >= 4 is 14.5 Å². The lowest BCUT2D eigenvalue weighted by Gasteiger charge is -2.20. The molecule has 9 heavy (non-hydrogen) atoms. The van der Waals surface area contributed by atoms with Gasteiger partial charge in [-0.2, -0.15) is 0 Å². The standard InChI is InChI=1S/C4H7FO.C2H5.Al/c1-2-3-4(5)6;1-2;/h4H,1-3H2;1H2,2H3;/q-1;;+1. The zero-order valence-electron chi connectivity index (χ0n) is 5.77. The molecular weight excluding hydrogens is 134 g/mol.